The lowest BCUT2D eigenvalue weighted by Crippen LogP contribution is -2.19. The van der Waals surface area contributed by atoms with E-state index in [2.05, 4.69) is 11.4 Å². The van der Waals surface area contributed by atoms with Gasteiger partial charge in [-0.05, 0) is 67.8 Å². The topological polar surface area (TPSA) is 12.0 Å². The molecule has 0 saturated heterocycles. The van der Waals surface area contributed by atoms with Crippen LogP contribution >= 0.6 is 11.6 Å². The van der Waals surface area contributed by atoms with E-state index in [0.717, 1.165) is 33.7 Å². The molecule has 20 heavy (non-hydrogen) atoms. The van der Waals surface area contributed by atoms with Crippen molar-refractivity contribution in [2.75, 3.05) is 7.05 Å². The predicted octanol–water partition coefficient (Wildman–Crippen LogP) is 4.60. The molecule has 0 aliphatic rings. The van der Waals surface area contributed by atoms with Gasteiger partial charge in [0.25, 0.3) is 0 Å². The van der Waals surface area contributed by atoms with Crippen molar-refractivity contribution < 1.29 is 4.39 Å². The second-order valence-electron chi connectivity index (χ2n) is 5.12. The number of nitrogens with one attached hydrogen (secondary N) is 1. The molecule has 1 nitrogen and oxygen atoms in total. The van der Waals surface area contributed by atoms with Crippen molar-refractivity contribution in [3.63, 3.8) is 0 Å². The van der Waals surface area contributed by atoms with Gasteiger partial charge < -0.3 is 5.32 Å². The number of rotatable bonds is 4. The van der Waals surface area contributed by atoms with Crippen LogP contribution in [-0.4, -0.2) is 7.05 Å². The van der Waals surface area contributed by atoms with Crippen molar-refractivity contribution in [1.82, 2.24) is 5.32 Å². The van der Waals surface area contributed by atoms with E-state index in [1.54, 1.807) is 6.07 Å². The molecule has 0 aromatic heterocycles. The van der Waals surface area contributed by atoms with Crippen molar-refractivity contribution >= 4 is 11.6 Å². The second kappa shape index (κ2) is 6.38. The summed E-state index contributed by atoms with van der Waals surface area (Å²) in [6, 6.07) is 11.2. The molecule has 106 valence electrons. The molecule has 0 bridgehead atoms. The maximum atomic E-state index is 13.2. The third-order valence-electron chi connectivity index (χ3n) is 3.68. The van der Waals surface area contributed by atoms with Gasteiger partial charge in [0.2, 0.25) is 0 Å². The van der Waals surface area contributed by atoms with Crippen LogP contribution in [0.5, 0.6) is 0 Å². The molecule has 2 aromatic carbocycles. The number of hydrogen-bond donors (Lipinski definition) is 1. The highest BCUT2D eigenvalue weighted by molar-refractivity contribution is 6.31. The fourth-order valence-electron chi connectivity index (χ4n) is 2.32. The Morgan fingerprint density at radius 2 is 1.85 bits per heavy atom. The Morgan fingerprint density at radius 3 is 2.45 bits per heavy atom. The van der Waals surface area contributed by atoms with Crippen molar-refractivity contribution in [3.05, 3.63) is 69.5 Å². The summed E-state index contributed by atoms with van der Waals surface area (Å²) in [7, 11) is 1.93. The summed E-state index contributed by atoms with van der Waals surface area (Å²) >= 11 is 6.19. The predicted molar refractivity (Wildman–Crippen MR) is 82.8 cm³/mol. The van der Waals surface area contributed by atoms with Gasteiger partial charge in [-0.2, -0.15) is 0 Å². The molecule has 0 aliphatic carbocycles. The van der Waals surface area contributed by atoms with E-state index in [4.69, 9.17) is 11.6 Å². The third-order valence-corrected chi connectivity index (χ3v) is 4.08. The Balaban J connectivity index is 2.26. The number of benzene rings is 2. The van der Waals surface area contributed by atoms with Gasteiger partial charge in [0.15, 0.2) is 0 Å². The average molecular weight is 292 g/mol. The van der Waals surface area contributed by atoms with E-state index in [1.165, 1.54) is 6.07 Å². The van der Waals surface area contributed by atoms with Crippen molar-refractivity contribution in [3.8, 4) is 0 Å². The molecule has 2 rings (SSSR count). The molecule has 0 radical (unpaired) electrons. The first kappa shape index (κ1) is 15.0. The van der Waals surface area contributed by atoms with Gasteiger partial charge in [0.05, 0.1) is 0 Å². The van der Waals surface area contributed by atoms with E-state index >= 15 is 0 Å². The highest BCUT2D eigenvalue weighted by atomic mass is 35.5. The van der Waals surface area contributed by atoms with Gasteiger partial charge in [-0.25, -0.2) is 4.39 Å². The fraction of sp³-hybridized carbons (Fsp3) is 0.294. The van der Waals surface area contributed by atoms with Crippen LogP contribution in [0.2, 0.25) is 5.02 Å². The lowest BCUT2D eigenvalue weighted by Gasteiger charge is -2.19. The Morgan fingerprint density at radius 1 is 1.10 bits per heavy atom. The van der Waals surface area contributed by atoms with Gasteiger partial charge in [-0.1, -0.05) is 29.8 Å². The highest BCUT2D eigenvalue weighted by Crippen LogP contribution is 2.25. The third kappa shape index (κ3) is 3.38. The van der Waals surface area contributed by atoms with Gasteiger partial charge in [0, 0.05) is 11.1 Å². The van der Waals surface area contributed by atoms with Gasteiger partial charge in [-0.15, -0.1) is 0 Å². The van der Waals surface area contributed by atoms with Crippen LogP contribution in [-0.2, 0) is 6.42 Å². The fourth-order valence-corrected chi connectivity index (χ4v) is 2.51. The first-order chi connectivity index (χ1) is 9.51. The van der Waals surface area contributed by atoms with Crippen LogP contribution in [0.1, 0.15) is 28.3 Å². The monoisotopic (exact) mass is 291 g/mol. The minimum absolute atomic E-state index is 0.164. The molecule has 1 unspecified atom stereocenters. The SMILES string of the molecule is CNC(Cc1ccc(F)cc1C)c1ccc(C)c(Cl)c1. The number of aryl methyl sites for hydroxylation is 2. The Bertz CT molecular complexity index is 610. The summed E-state index contributed by atoms with van der Waals surface area (Å²) in [5, 5.41) is 4.08. The molecule has 0 aliphatic heterocycles. The van der Waals surface area contributed by atoms with E-state index < -0.39 is 0 Å². The van der Waals surface area contributed by atoms with Crippen LogP contribution in [0.4, 0.5) is 4.39 Å². The summed E-state index contributed by atoms with van der Waals surface area (Å²) in [6.07, 6.45) is 0.808. The molecule has 0 amide bonds. The molecule has 2 aromatic rings. The Kier molecular flexibility index (Phi) is 4.79. The summed E-state index contributed by atoms with van der Waals surface area (Å²) in [5.74, 6) is -0.189. The van der Waals surface area contributed by atoms with Gasteiger partial charge in [0.1, 0.15) is 5.82 Å². The summed E-state index contributed by atoms with van der Waals surface area (Å²) < 4.78 is 13.2. The summed E-state index contributed by atoms with van der Waals surface area (Å²) in [4.78, 5) is 0. The molecule has 0 fully saturated rings. The highest BCUT2D eigenvalue weighted by Gasteiger charge is 2.13. The van der Waals surface area contributed by atoms with E-state index in [-0.39, 0.29) is 11.9 Å². The molecule has 3 heteroatoms. The zero-order valence-electron chi connectivity index (χ0n) is 12.0. The number of hydrogen-bond acceptors (Lipinski definition) is 1. The largest absolute Gasteiger partial charge is 0.313 e. The standard InChI is InChI=1S/C17H19ClFN/c1-11-4-5-14(9-16(11)18)17(20-3)10-13-6-7-15(19)8-12(13)2/h4-9,17,20H,10H2,1-3H3. The van der Waals surface area contributed by atoms with Crippen LogP contribution in [0.15, 0.2) is 36.4 Å². The normalized spacial score (nSPS) is 12.4. The van der Waals surface area contributed by atoms with Crippen LogP contribution in [0.25, 0.3) is 0 Å². The lowest BCUT2D eigenvalue weighted by atomic mass is 9.95. The minimum Gasteiger partial charge on any atom is -0.313 e. The van der Waals surface area contributed by atoms with Crippen LogP contribution in [0.3, 0.4) is 0 Å². The smallest absolute Gasteiger partial charge is 0.123 e. The molecular weight excluding hydrogens is 273 g/mol. The summed E-state index contributed by atoms with van der Waals surface area (Å²) in [5.41, 5.74) is 4.33. The molecule has 0 spiro atoms. The minimum atomic E-state index is -0.189. The van der Waals surface area contributed by atoms with Gasteiger partial charge >= 0.3 is 0 Å². The van der Waals surface area contributed by atoms with Crippen molar-refractivity contribution in [2.24, 2.45) is 0 Å². The molecule has 0 heterocycles. The first-order valence-electron chi connectivity index (χ1n) is 6.69. The maximum absolute atomic E-state index is 13.2. The zero-order valence-corrected chi connectivity index (χ0v) is 12.8. The van der Waals surface area contributed by atoms with E-state index in [9.17, 15) is 4.39 Å². The quantitative estimate of drug-likeness (QED) is 0.868. The average Bonchev–Trinajstić information content (AvgIpc) is 2.41. The molecule has 1 N–H and O–H groups in total. The number of likely N-dealkylation sites (N-methyl/N-ethyl adjacent to an activating group) is 1. The maximum Gasteiger partial charge on any atom is 0.123 e. The van der Waals surface area contributed by atoms with Gasteiger partial charge in [-0.3, -0.25) is 0 Å². The molecule has 0 saturated carbocycles. The van der Waals surface area contributed by atoms with Crippen molar-refractivity contribution in [1.29, 1.82) is 0 Å². The molecular formula is C17H19ClFN. The summed E-state index contributed by atoms with van der Waals surface area (Å²) in [6.45, 7) is 3.93. The first-order valence-corrected chi connectivity index (χ1v) is 7.07. The number of halogens is 2. The van der Waals surface area contributed by atoms with E-state index in [0.29, 0.717) is 0 Å². The van der Waals surface area contributed by atoms with Crippen LogP contribution < -0.4 is 5.32 Å². The van der Waals surface area contributed by atoms with Crippen molar-refractivity contribution in [2.45, 2.75) is 26.3 Å². The molecule has 1 atom stereocenters. The van der Waals surface area contributed by atoms with E-state index in [1.807, 2.05) is 39.1 Å². The lowest BCUT2D eigenvalue weighted by molar-refractivity contribution is 0.587. The second-order valence-corrected chi connectivity index (χ2v) is 5.53. The Labute approximate surface area is 124 Å². The van der Waals surface area contributed by atoms with Crippen LogP contribution in [0, 0.1) is 19.7 Å². The Hall–Kier alpha value is -1.38. The zero-order chi connectivity index (χ0) is 14.7.